The third kappa shape index (κ3) is 5.69. The first-order valence-corrected chi connectivity index (χ1v) is 14.4. The van der Waals surface area contributed by atoms with Crippen LogP contribution in [0.1, 0.15) is 55.3 Å². The van der Waals surface area contributed by atoms with Gasteiger partial charge in [0, 0.05) is 18.0 Å². The summed E-state index contributed by atoms with van der Waals surface area (Å²) < 4.78 is 42.9. The molecule has 5 rings (SSSR count). The number of aromatic nitrogens is 2. The second-order valence-electron chi connectivity index (χ2n) is 10.1. The molecule has 8 heteroatoms. The second-order valence-corrected chi connectivity index (χ2v) is 12.0. The minimum Gasteiger partial charge on any atom is -0.336 e. The van der Waals surface area contributed by atoms with E-state index in [9.17, 15) is 17.6 Å². The third-order valence-corrected chi connectivity index (χ3v) is 8.78. The van der Waals surface area contributed by atoms with E-state index < -0.39 is 21.4 Å². The van der Waals surface area contributed by atoms with Crippen molar-refractivity contribution in [3.63, 3.8) is 0 Å². The molecule has 2 aliphatic rings. The molecule has 190 valence electrons. The van der Waals surface area contributed by atoms with Gasteiger partial charge >= 0.3 is 0 Å². The molecule has 2 aromatic carbocycles. The van der Waals surface area contributed by atoms with Crippen LogP contribution in [-0.4, -0.2) is 35.3 Å². The topological polar surface area (TPSA) is 72.3 Å². The van der Waals surface area contributed by atoms with Crippen LogP contribution in [0.2, 0.25) is 0 Å². The molecule has 2 aliphatic carbocycles. The van der Waals surface area contributed by atoms with Crippen molar-refractivity contribution in [2.24, 2.45) is 11.8 Å². The maximum Gasteiger partial charge on any atom is 0.228 e. The predicted molar refractivity (Wildman–Crippen MR) is 135 cm³/mol. The van der Waals surface area contributed by atoms with E-state index in [-0.39, 0.29) is 22.5 Å². The highest BCUT2D eigenvalue weighted by molar-refractivity contribution is 7.90. The summed E-state index contributed by atoms with van der Waals surface area (Å²) in [6.07, 6.45) is 7.83. The maximum atomic E-state index is 14.3. The zero-order chi connectivity index (χ0) is 25.1. The molecule has 0 N–H and O–H groups in total. The van der Waals surface area contributed by atoms with Crippen molar-refractivity contribution in [2.75, 3.05) is 6.54 Å². The summed E-state index contributed by atoms with van der Waals surface area (Å²) in [6, 6.07) is 15.5. The van der Waals surface area contributed by atoms with E-state index in [1.807, 2.05) is 35.2 Å². The Hall–Kier alpha value is -3.00. The molecule has 2 fully saturated rings. The SMILES string of the molecule is O=C(C1CCCC1)N(Cc1cnc(S(=O)(=O)Cc2ccccc2F)n1Cc1ccccc1)CC1CC1. The monoisotopic (exact) mass is 509 g/mol. The van der Waals surface area contributed by atoms with Crippen molar-refractivity contribution >= 4 is 15.7 Å². The Labute approximate surface area is 212 Å². The Morgan fingerprint density at radius 1 is 1.00 bits per heavy atom. The van der Waals surface area contributed by atoms with Crippen molar-refractivity contribution in [3.8, 4) is 0 Å². The molecule has 0 bridgehead atoms. The van der Waals surface area contributed by atoms with Crippen molar-refractivity contribution in [3.05, 3.63) is 83.4 Å². The molecule has 0 atom stereocenters. The zero-order valence-electron chi connectivity index (χ0n) is 20.4. The summed E-state index contributed by atoms with van der Waals surface area (Å²) in [5, 5.41) is -0.0932. The number of imidazole rings is 1. The molecule has 1 amide bonds. The van der Waals surface area contributed by atoms with Gasteiger partial charge in [0.2, 0.25) is 20.9 Å². The Kier molecular flexibility index (Phi) is 7.23. The molecule has 0 saturated heterocycles. The van der Waals surface area contributed by atoms with Crippen molar-refractivity contribution in [1.29, 1.82) is 0 Å². The summed E-state index contributed by atoms with van der Waals surface area (Å²) in [4.78, 5) is 19.6. The number of benzene rings is 2. The molecule has 6 nitrogen and oxygen atoms in total. The van der Waals surface area contributed by atoms with E-state index in [2.05, 4.69) is 4.98 Å². The number of sulfone groups is 1. The largest absolute Gasteiger partial charge is 0.336 e. The molecule has 3 aromatic rings. The summed E-state index contributed by atoms with van der Waals surface area (Å²) in [6.45, 7) is 1.32. The smallest absolute Gasteiger partial charge is 0.228 e. The third-order valence-electron chi connectivity index (χ3n) is 7.21. The molecular formula is C28H32FN3O3S. The van der Waals surface area contributed by atoms with Gasteiger partial charge in [-0.1, -0.05) is 61.4 Å². The van der Waals surface area contributed by atoms with Gasteiger partial charge in [0.25, 0.3) is 0 Å². The van der Waals surface area contributed by atoms with Gasteiger partial charge in [-0.25, -0.2) is 17.8 Å². The number of hydrogen-bond acceptors (Lipinski definition) is 4. The molecule has 0 aliphatic heterocycles. The van der Waals surface area contributed by atoms with Crippen LogP contribution in [0.25, 0.3) is 0 Å². The summed E-state index contributed by atoms with van der Waals surface area (Å²) in [7, 11) is -3.94. The second kappa shape index (κ2) is 10.5. The molecule has 1 aromatic heterocycles. The summed E-state index contributed by atoms with van der Waals surface area (Å²) in [5.41, 5.74) is 1.72. The number of rotatable bonds is 10. The van der Waals surface area contributed by atoms with Gasteiger partial charge in [0.05, 0.1) is 30.7 Å². The van der Waals surface area contributed by atoms with Gasteiger partial charge in [-0.2, -0.15) is 0 Å². The number of halogens is 1. The minimum atomic E-state index is -3.94. The number of nitrogens with zero attached hydrogens (tertiary/aromatic N) is 3. The first-order chi connectivity index (χ1) is 17.4. The van der Waals surface area contributed by atoms with Crippen LogP contribution >= 0.6 is 0 Å². The van der Waals surface area contributed by atoms with Crippen LogP contribution in [0.5, 0.6) is 0 Å². The highest BCUT2D eigenvalue weighted by Crippen LogP contribution is 2.33. The first kappa shape index (κ1) is 24.7. The Morgan fingerprint density at radius 2 is 1.69 bits per heavy atom. The molecular weight excluding hydrogens is 477 g/mol. The number of carbonyl (C=O) groups is 1. The average Bonchev–Trinajstić information content (AvgIpc) is 3.34. The van der Waals surface area contributed by atoms with E-state index in [4.69, 9.17) is 0 Å². The molecule has 1 heterocycles. The van der Waals surface area contributed by atoms with Crippen LogP contribution in [0.4, 0.5) is 4.39 Å². The molecule has 2 saturated carbocycles. The highest BCUT2D eigenvalue weighted by Gasteiger charge is 2.33. The van der Waals surface area contributed by atoms with Gasteiger partial charge in [-0.3, -0.25) is 4.79 Å². The van der Waals surface area contributed by atoms with Crippen molar-refractivity contribution in [2.45, 2.75) is 62.5 Å². The Bertz CT molecular complexity index is 1310. The van der Waals surface area contributed by atoms with Gasteiger partial charge in [-0.05, 0) is 43.2 Å². The molecule has 0 unspecified atom stereocenters. The predicted octanol–water partition coefficient (Wildman–Crippen LogP) is 4.97. The summed E-state index contributed by atoms with van der Waals surface area (Å²) in [5.74, 6) is -0.288. The first-order valence-electron chi connectivity index (χ1n) is 12.7. The quantitative estimate of drug-likeness (QED) is 0.387. The van der Waals surface area contributed by atoms with Crippen LogP contribution < -0.4 is 0 Å². The number of hydrogen-bond donors (Lipinski definition) is 0. The van der Waals surface area contributed by atoms with Crippen molar-refractivity contribution < 1.29 is 17.6 Å². The minimum absolute atomic E-state index is 0.0542. The maximum absolute atomic E-state index is 14.3. The van der Waals surface area contributed by atoms with E-state index >= 15 is 0 Å². The van der Waals surface area contributed by atoms with Crippen LogP contribution in [0.3, 0.4) is 0 Å². The molecule has 36 heavy (non-hydrogen) atoms. The lowest BCUT2D eigenvalue weighted by Gasteiger charge is -2.26. The highest BCUT2D eigenvalue weighted by atomic mass is 32.2. The van der Waals surface area contributed by atoms with Gasteiger partial charge in [-0.15, -0.1) is 0 Å². The average molecular weight is 510 g/mol. The Balaban J connectivity index is 1.48. The Morgan fingerprint density at radius 3 is 2.39 bits per heavy atom. The van der Waals surface area contributed by atoms with E-state index in [1.54, 1.807) is 16.8 Å². The fourth-order valence-electron chi connectivity index (χ4n) is 5.06. The van der Waals surface area contributed by atoms with Gasteiger partial charge < -0.3 is 9.47 Å². The fraction of sp³-hybridized carbons (Fsp3) is 0.429. The lowest BCUT2D eigenvalue weighted by atomic mass is 10.1. The molecule has 0 radical (unpaired) electrons. The lowest BCUT2D eigenvalue weighted by Crippen LogP contribution is -2.37. The number of amides is 1. The van der Waals surface area contributed by atoms with E-state index in [0.29, 0.717) is 31.2 Å². The summed E-state index contributed by atoms with van der Waals surface area (Å²) >= 11 is 0. The fourth-order valence-corrected chi connectivity index (χ4v) is 6.56. The van der Waals surface area contributed by atoms with E-state index in [0.717, 1.165) is 44.1 Å². The lowest BCUT2D eigenvalue weighted by molar-refractivity contribution is -0.136. The van der Waals surface area contributed by atoms with Crippen LogP contribution in [-0.2, 0) is 33.5 Å². The van der Waals surface area contributed by atoms with E-state index in [1.165, 1.54) is 18.2 Å². The van der Waals surface area contributed by atoms with Crippen molar-refractivity contribution in [1.82, 2.24) is 14.5 Å². The van der Waals surface area contributed by atoms with Crippen LogP contribution in [0, 0.1) is 17.7 Å². The number of carbonyl (C=O) groups excluding carboxylic acids is 1. The molecule has 0 spiro atoms. The van der Waals surface area contributed by atoms with Gasteiger partial charge in [0.1, 0.15) is 5.82 Å². The standard InChI is InChI=1S/C28H32FN3O3S/c29-26-13-7-6-12-24(26)20-36(34,35)28-30-16-25(32(28)18-21-8-2-1-3-9-21)19-31(17-22-14-15-22)27(33)23-10-4-5-11-23/h1-3,6-9,12-13,16,22-23H,4-5,10-11,14-15,17-20H2. The normalized spacial score (nSPS) is 16.4. The zero-order valence-corrected chi connectivity index (χ0v) is 21.2. The van der Waals surface area contributed by atoms with Gasteiger partial charge in [0.15, 0.2) is 0 Å². The van der Waals surface area contributed by atoms with Crippen LogP contribution in [0.15, 0.2) is 66.0 Å².